The van der Waals surface area contributed by atoms with Gasteiger partial charge in [-0.2, -0.15) is 0 Å². The van der Waals surface area contributed by atoms with E-state index in [0.29, 0.717) is 17.5 Å². The summed E-state index contributed by atoms with van der Waals surface area (Å²) in [6, 6.07) is 79.4. The first-order valence-electron chi connectivity index (χ1n) is 23.3. The zero-order valence-electron chi connectivity index (χ0n) is 37.4. The fourth-order valence-electron chi connectivity index (χ4n) is 9.83. The molecule has 0 fully saturated rings. The summed E-state index contributed by atoms with van der Waals surface area (Å²) in [5, 5.41) is 7.04. The third-order valence-corrected chi connectivity index (χ3v) is 15.6. The molecule has 0 aliphatic carbocycles. The van der Waals surface area contributed by atoms with Crippen LogP contribution >= 0.6 is 22.7 Å². The number of nitrogens with zero attached hydrogens (tertiary/aromatic N) is 5. The van der Waals surface area contributed by atoms with Gasteiger partial charge in [0, 0.05) is 78.9 Å². The van der Waals surface area contributed by atoms with Crippen LogP contribution in [-0.4, -0.2) is 24.9 Å². The smallest absolute Gasteiger partial charge is 0.164 e. The number of benzene rings is 9. The van der Waals surface area contributed by atoms with Gasteiger partial charge in [0.2, 0.25) is 0 Å². The number of hydrogen-bond acceptors (Lipinski definition) is 7. The lowest BCUT2D eigenvalue weighted by Crippen LogP contribution is -2.00. The van der Waals surface area contributed by atoms with Gasteiger partial charge in [0.15, 0.2) is 17.5 Å². The second-order valence-electron chi connectivity index (χ2n) is 17.6. The summed E-state index contributed by atoms with van der Waals surface area (Å²) in [6.45, 7) is 0. The van der Waals surface area contributed by atoms with Gasteiger partial charge in [-0.05, 0) is 76.9 Å². The van der Waals surface area contributed by atoms with Crippen molar-refractivity contribution in [2.45, 2.75) is 0 Å². The maximum Gasteiger partial charge on any atom is 0.164 e. The highest BCUT2D eigenvalue weighted by atomic mass is 32.1. The van der Waals surface area contributed by atoms with Crippen LogP contribution in [0.1, 0.15) is 0 Å². The van der Waals surface area contributed by atoms with E-state index in [2.05, 4.69) is 200 Å². The number of hydrogen-bond donors (Lipinski definition) is 0. The van der Waals surface area contributed by atoms with Crippen molar-refractivity contribution in [2.24, 2.45) is 0 Å². The molecular formula is C63H37N5S2. The van der Waals surface area contributed by atoms with Crippen LogP contribution in [0.3, 0.4) is 0 Å². The minimum atomic E-state index is 0.620. The fourth-order valence-corrected chi connectivity index (χ4v) is 12.1. The van der Waals surface area contributed by atoms with Gasteiger partial charge in [0.05, 0.1) is 22.4 Å². The predicted molar refractivity (Wildman–Crippen MR) is 294 cm³/mol. The van der Waals surface area contributed by atoms with Gasteiger partial charge in [-0.25, -0.2) is 24.9 Å². The minimum absolute atomic E-state index is 0.620. The fraction of sp³-hybridized carbons (Fsp3) is 0. The maximum absolute atomic E-state index is 5.43. The molecule has 5 nitrogen and oxygen atoms in total. The lowest BCUT2D eigenvalue weighted by atomic mass is 9.94. The first-order chi connectivity index (χ1) is 34.6. The van der Waals surface area contributed by atoms with Crippen molar-refractivity contribution in [1.82, 2.24) is 24.9 Å². The van der Waals surface area contributed by atoms with Crippen molar-refractivity contribution < 1.29 is 0 Å². The molecule has 0 atom stereocenters. The van der Waals surface area contributed by atoms with Gasteiger partial charge < -0.3 is 0 Å². The second-order valence-corrected chi connectivity index (χ2v) is 19.8. The summed E-state index contributed by atoms with van der Waals surface area (Å²) in [5.41, 5.74) is 12.9. The van der Waals surface area contributed by atoms with Crippen molar-refractivity contribution >= 4 is 84.8 Å². The Morgan fingerprint density at radius 1 is 0.257 bits per heavy atom. The lowest BCUT2D eigenvalue weighted by Gasteiger charge is -2.13. The molecule has 7 heteroatoms. The molecule has 0 amide bonds. The Bertz CT molecular complexity index is 4350. The van der Waals surface area contributed by atoms with Crippen LogP contribution in [0.4, 0.5) is 0 Å². The van der Waals surface area contributed by atoms with Crippen LogP contribution in [0.5, 0.6) is 0 Å². The van der Waals surface area contributed by atoms with E-state index in [4.69, 9.17) is 24.9 Å². The molecule has 0 saturated heterocycles. The number of aromatic nitrogens is 5. The largest absolute Gasteiger partial charge is 0.245 e. The lowest BCUT2D eigenvalue weighted by molar-refractivity contribution is 1.08. The number of thiophene rings is 2. The highest BCUT2D eigenvalue weighted by molar-refractivity contribution is 7.26. The molecule has 9 aromatic carbocycles. The highest BCUT2D eigenvalue weighted by Crippen LogP contribution is 2.42. The minimum Gasteiger partial charge on any atom is -0.245 e. The summed E-state index contributed by atoms with van der Waals surface area (Å²) in [7, 11) is 0. The first kappa shape index (κ1) is 40.3. The summed E-state index contributed by atoms with van der Waals surface area (Å²) in [4.78, 5) is 26.1. The van der Waals surface area contributed by atoms with Gasteiger partial charge in [0.1, 0.15) is 0 Å². The second kappa shape index (κ2) is 16.5. The maximum atomic E-state index is 5.43. The molecule has 5 aromatic heterocycles. The topological polar surface area (TPSA) is 64.5 Å². The molecule has 0 aliphatic heterocycles. The van der Waals surface area contributed by atoms with Gasteiger partial charge in [-0.1, -0.05) is 170 Å². The van der Waals surface area contributed by atoms with E-state index in [0.717, 1.165) is 83.3 Å². The SMILES string of the molecule is c1ccc(-c2ccc3ccc4ccc(-c5cc(-c6ccc(-c7nc(-c8ccccc8)nc(-c8cccc9sc%10ccccc%10c89)n7)cc6)cc(-c6ccc7c(c6)sc6ccccc67)c5)nc4c3n2)cc1. The van der Waals surface area contributed by atoms with E-state index < -0.39 is 0 Å². The van der Waals surface area contributed by atoms with Gasteiger partial charge in [-0.3, -0.25) is 0 Å². The van der Waals surface area contributed by atoms with Crippen LogP contribution in [0.15, 0.2) is 224 Å². The summed E-state index contributed by atoms with van der Waals surface area (Å²) in [5.74, 6) is 1.91. The predicted octanol–water partition coefficient (Wildman–Crippen LogP) is 17.4. The standard InChI is InChI=1S/C63H37N5S2/c1-3-12-39(13-4-1)52-32-29-40-24-25-41-30-33-53(65-60(41)59(40)64-52)47-35-45(34-46(36-47)44-28-31-49-48-16-7-9-19-54(48)70-57(49)37-44)38-22-26-43(27-23-38)62-66-61(42-14-5-2-6-15-42)67-63(68-62)51-18-11-21-56-58(51)50-17-8-10-20-55(50)69-56/h1-37H. The van der Waals surface area contributed by atoms with Crippen LogP contribution in [0, 0.1) is 0 Å². The van der Waals surface area contributed by atoms with E-state index in [1.54, 1.807) is 11.3 Å². The zero-order chi connectivity index (χ0) is 46.1. The molecule has 0 saturated carbocycles. The van der Waals surface area contributed by atoms with E-state index in [9.17, 15) is 0 Å². The van der Waals surface area contributed by atoms with Crippen LogP contribution in [-0.2, 0) is 0 Å². The average Bonchev–Trinajstić information content (AvgIpc) is 4.01. The zero-order valence-corrected chi connectivity index (χ0v) is 39.0. The molecule has 14 aromatic rings. The molecule has 0 N–H and O–H groups in total. The Labute approximate surface area is 410 Å². The third-order valence-electron chi connectivity index (χ3n) is 13.3. The van der Waals surface area contributed by atoms with E-state index in [-0.39, 0.29) is 0 Å². The molecule has 0 spiro atoms. The average molecular weight is 928 g/mol. The molecule has 0 unspecified atom stereocenters. The number of rotatable bonds is 7. The number of fused-ring (bicyclic) bond motifs is 9. The summed E-state index contributed by atoms with van der Waals surface area (Å²) < 4.78 is 5.00. The van der Waals surface area contributed by atoms with Gasteiger partial charge >= 0.3 is 0 Å². The Hall–Kier alpha value is -8.75. The molecule has 0 aliphatic rings. The molecular weight excluding hydrogens is 891 g/mol. The van der Waals surface area contributed by atoms with Crippen molar-refractivity contribution in [3.05, 3.63) is 224 Å². The van der Waals surface area contributed by atoms with Crippen molar-refractivity contribution in [2.75, 3.05) is 0 Å². The molecule has 0 bridgehead atoms. The van der Waals surface area contributed by atoms with E-state index >= 15 is 0 Å². The summed E-state index contributed by atoms with van der Waals surface area (Å²) >= 11 is 3.63. The number of pyridine rings is 2. The van der Waals surface area contributed by atoms with Crippen LogP contribution in [0.2, 0.25) is 0 Å². The molecule has 70 heavy (non-hydrogen) atoms. The third kappa shape index (κ3) is 7.02. The van der Waals surface area contributed by atoms with E-state index in [1.807, 2.05) is 35.6 Å². The quantitative estimate of drug-likeness (QED) is 0.149. The summed E-state index contributed by atoms with van der Waals surface area (Å²) in [6.07, 6.45) is 0. The highest BCUT2D eigenvalue weighted by Gasteiger charge is 2.18. The van der Waals surface area contributed by atoms with Crippen molar-refractivity contribution in [3.8, 4) is 78.9 Å². The Morgan fingerprint density at radius 2 is 0.743 bits per heavy atom. The van der Waals surface area contributed by atoms with Crippen LogP contribution < -0.4 is 0 Å². The molecule has 326 valence electrons. The van der Waals surface area contributed by atoms with Gasteiger partial charge in [-0.15, -0.1) is 22.7 Å². The van der Waals surface area contributed by atoms with Crippen LogP contribution in [0.25, 0.3) is 141 Å². The van der Waals surface area contributed by atoms with Gasteiger partial charge in [0.25, 0.3) is 0 Å². The molecule has 5 heterocycles. The van der Waals surface area contributed by atoms with Crippen molar-refractivity contribution in [3.63, 3.8) is 0 Å². The molecule has 14 rings (SSSR count). The van der Waals surface area contributed by atoms with Crippen molar-refractivity contribution in [1.29, 1.82) is 0 Å². The van der Waals surface area contributed by atoms with E-state index in [1.165, 1.54) is 40.3 Å². The normalized spacial score (nSPS) is 11.7. The Balaban J connectivity index is 0.910. The monoisotopic (exact) mass is 927 g/mol. The Morgan fingerprint density at radius 3 is 1.46 bits per heavy atom. The first-order valence-corrected chi connectivity index (χ1v) is 24.9. The molecule has 0 radical (unpaired) electrons. The Kier molecular flexibility index (Phi) is 9.50.